The predicted molar refractivity (Wildman–Crippen MR) is 93.1 cm³/mol. The highest BCUT2D eigenvalue weighted by Crippen LogP contribution is 2.26. The Hall–Kier alpha value is -2.29. The highest BCUT2D eigenvalue weighted by Gasteiger charge is 2.13. The molecule has 3 rings (SSSR count). The van der Waals surface area contributed by atoms with E-state index in [2.05, 4.69) is 24.4 Å². The first-order valence-electron chi connectivity index (χ1n) is 8.30. The van der Waals surface area contributed by atoms with Gasteiger partial charge in [-0.15, -0.1) is 0 Å². The molecule has 0 spiro atoms. The van der Waals surface area contributed by atoms with E-state index in [1.54, 1.807) is 0 Å². The zero-order valence-corrected chi connectivity index (χ0v) is 13.8. The second-order valence-electron chi connectivity index (χ2n) is 6.08. The van der Waals surface area contributed by atoms with Gasteiger partial charge in [-0.1, -0.05) is 31.2 Å². The lowest BCUT2D eigenvalue weighted by molar-refractivity contribution is -0.118. The number of aryl methyl sites for hydroxylation is 4. The van der Waals surface area contributed by atoms with Crippen LogP contribution in [0.4, 0.5) is 5.69 Å². The molecule has 0 aliphatic heterocycles. The summed E-state index contributed by atoms with van der Waals surface area (Å²) in [5, 5.41) is 2.99. The number of carbonyl (C=O) groups is 1. The van der Waals surface area contributed by atoms with E-state index in [4.69, 9.17) is 4.74 Å². The van der Waals surface area contributed by atoms with Crippen LogP contribution in [0.2, 0.25) is 0 Å². The van der Waals surface area contributed by atoms with E-state index in [0.717, 1.165) is 41.8 Å². The number of benzene rings is 2. The molecule has 1 aliphatic carbocycles. The fourth-order valence-electron chi connectivity index (χ4n) is 3.16. The van der Waals surface area contributed by atoms with Crippen molar-refractivity contribution < 1.29 is 9.53 Å². The predicted octanol–water partition coefficient (Wildman–Crippen LogP) is 4.06. The van der Waals surface area contributed by atoms with Gasteiger partial charge >= 0.3 is 0 Å². The summed E-state index contributed by atoms with van der Waals surface area (Å²) in [5.74, 6) is 0.663. The van der Waals surface area contributed by atoms with Crippen LogP contribution in [0, 0.1) is 6.92 Å². The standard InChI is InChI=1S/C20H23NO2/c1-3-15-7-4-6-14(2)20(15)21-19(22)13-23-18-11-10-16-8-5-9-17(16)12-18/h4,6-7,10-12H,3,5,8-9,13H2,1-2H3,(H,21,22). The van der Waals surface area contributed by atoms with E-state index in [9.17, 15) is 4.79 Å². The van der Waals surface area contributed by atoms with Gasteiger partial charge in [-0.05, 0) is 67.0 Å². The summed E-state index contributed by atoms with van der Waals surface area (Å²) in [5.41, 5.74) is 5.91. The number of rotatable bonds is 5. The van der Waals surface area contributed by atoms with Crippen LogP contribution in [-0.4, -0.2) is 12.5 Å². The molecule has 0 saturated heterocycles. The van der Waals surface area contributed by atoms with Crippen molar-refractivity contribution in [2.45, 2.75) is 39.5 Å². The Balaban J connectivity index is 1.62. The third kappa shape index (κ3) is 3.55. The average molecular weight is 309 g/mol. The minimum absolute atomic E-state index is 0.0380. The Morgan fingerprint density at radius 1 is 1.17 bits per heavy atom. The van der Waals surface area contributed by atoms with Gasteiger partial charge in [0.15, 0.2) is 6.61 Å². The van der Waals surface area contributed by atoms with Gasteiger partial charge in [0.25, 0.3) is 5.91 Å². The fourth-order valence-corrected chi connectivity index (χ4v) is 3.16. The Bertz CT molecular complexity index is 722. The van der Waals surface area contributed by atoms with Crippen LogP contribution >= 0.6 is 0 Å². The maximum absolute atomic E-state index is 12.2. The van der Waals surface area contributed by atoms with Gasteiger partial charge in [0.1, 0.15) is 5.75 Å². The molecular weight excluding hydrogens is 286 g/mol. The lowest BCUT2D eigenvalue weighted by Gasteiger charge is -2.13. The molecule has 0 fully saturated rings. The minimum atomic E-state index is -0.116. The lowest BCUT2D eigenvalue weighted by atomic mass is 10.1. The maximum atomic E-state index is 12.2. The topological polar surface area (TPSA) is 38.3 Å². The normalized spacial score (nSPS) is 12.8. The molecule has 120 valence electrons. The first kappa shape index (κ1) is 15.6. The van der Waals surface area contributed by atoms with Gasteiger partial charge in [-0.25, -0.2) is 0 Å². The van der Waals surface area contributed by atoms with Crippen LogP contribution in [-0.2, 0) is 24.1 Å². The zero-order valence-electron chi connectivity index (χ0n) is 13.8. The van der Waals surface area contributed by atoms with Gasteiger partial charge in [-0.2, -0.15) is 0 Å². The highest BCUT2D eigenvalue weighted by atomic mass is 16.5. The Labute approximate surface area is 137 Å². The molecule has 23 heavy (non-hydrogen) atoms. The van der Waals surface area contributed by atoms with Crippen molar-refractivity contribution in [2.75, 3.05) is 11.9 Å². The number of hydrogen-bond donors (Lipinski definition) is 1. The quantitative estimate of drug-likeness (QED) is 0.904. The average Bonchev–Trinajstić information content (AvgIpc) is 3.02. The van der Waals surface area contributed by atoms with Crippen LogP contribution in [0.15, 0.2) is 36.4 Å². The number of anilines is 1. The number of hydrogen-bond acceptors (Lipinski definition) is 2. The first-order chi connectivity index (χ1) is 11.2. The molecule has 2 aromatic rings. The molecule has 3 nitrogen and oxygen atoms in total. The summed E-state index contributed by atoms with van der Waals surface area (Å²) in [7, 11) is 0. The van der Waals surface area contributed by atoms with Crippen molar-refractivity contribution in [1.82, 2.24) is 0 Å². The summed E-state index contributed by atoms with van der Waals surface area (Å²) in [6, 6.07) is 12.2. The second-order valence-corrected chi connectivity index (χ2v) is 6.08. The van der Waals surface area contributed by atoms with Crippen molar-refractivity contribution in [3.63, 3.8) is 0 Å². The summed E-state index contributed by atoms with van der Waals surface area (Å²) in [4.78, 5) is 12.2. The fraction of sp³-hybridized carbons (Fsp3) is 0.350. The molecule has 1 amide bonds. The molecule has 2 aromatic carbocycles. The van der Waals surface area contributed by atoms with Crippen molar-refractivity contribution in [3.8, 4) is 5.75 Å². The van der Waals surface area contributed by atoms with Gasteiger partial charge in [0.2, 0.25) is 0 Å². The molecular formula is C20H23NO2. The molecule has 3 heteroatoms. The van der Waals surface area contributed by atoms with Crippen LogP contribution in [0.25, 0.3) is 0 Å². The van der Waals surface area contributed by atoms with Crippen molar-refractivity contribution >= 4 is 11.6 Å². The number of nitrogens with one attached hydrogen (secondary N) is 1. The van der Waals surface area contributed by atoms with Crippen LogP contribution < -0.4 is 10.1 Å². The van der Waals surface area contributed by atoms with Crippen LogP contribution in [0.1, 0.15) is 35.6 Å². The lowest BCUT2D eigenvalue weighted by Crippen LogP contribution is -2.21. The van der Waals surface area contributed by atoms with E-state index in [0.29, 0.717) is 0 Å². The summed E-state index contributed by atoms with van der Waals surface area (Å²) in [6.45, 7) is 4.14. The summed E-state index contributed by atoms with van der Waals surface area (Å²) >= 11 is 0. The summed E-state index contributed by atoms with van der Waals surface area (Å²) in [6.07, 6.45) is 4.38. The number of carbonyl (C=O) groups excluding carboxylic acids is 1. The Kier molecular flexibility index (Phi) is 4.65. The number of para-hydroxylation sites is 1. The Morgan fingerprint density at radius 3 is 2.83 bits per heavy atom. The van der Waals surface area contributed by atoms with Gasteiger partial charge in [0, 0.05) is 5.69 Å². The monoisotopic (exact) mass is 309 g/mol. The second kappa shape index (κ2) is 6.86. The molecule has 0 heterocycles. The largest absolute Gasteiger partial charge is 0.484 e. The van der Waals surface area contributed by atoms with Crippen LogP contribution in [0.5, 0.6) is 5.75 Å². The van der Waals surface area contributed by atoms with E-state index >= 15 is 0 Å². The number of ether oxygens (including phenoxy) is 1. The molecule has 1 N–H and O–H groups in total. The molecule has 0 aromatic heterocycles. The molecule has 0 bridgehead atoms. The summed E-state index contributed by atoms with van der Waals surface area (Å²) < 4.78 is 5.67. The molecule has 0 unspecified atom stereocenters. The smallest absolute Gasteiger partial charge is 0.262 e. The molecule has 0 atom stereocenters. The number of fused-ring (bicyclic) bond motifs is 1. The van der Waals surface area contributed by atoms with E-state index in [1.807, 2.05) is 31.2 Å². The first-order valence-corrected chi connectivity index (χ1v) is 8.30. The van der Waals surface area contributed by atoms with E-state index < -0.39 is 0 Å². The zero-order chi connectivity index (χ0) is 16.2. The molecule has 0 radical (unpaired) electrons. The molecule has 0 saturated carbocycles. The van der Waals surface area contributed by atoms with Crippen molar-refractivity contribution in [1.29, 1.82) is 0 Å². The van der Waals surface area contributed by atoms with Gasteiger partial charge in [0.05, 0.1) is 0 Å². The maximum Gasteiger partial charge on any atom is 0.262 e. The number of amides is 1. The van der Waals surface area contributed by atoms with Crippen molar-refractivity contribution in [2.24, 2.45) is 0 Å². The van der Waals surface area contributed by atoms with Crippen LogP contribution in [0.3, 0.4) is 0 Å². The van der Waals surface area contributed by atoms with Crippen molar-refractivity contribution in [3.05, 3.63) is 58.7 Å². The molecule has 1 aliphatic rings. The van der Waals surface area contributed by atoms with Gasteiger partial charge in [-0.3, -0.25) is 4.79 Å². The SMILES string of the molecule is CCc1cccc(C)c1NC(=O)COc1ccc2c(c1)CCC2. The van der Waals surface area contributed by atoms with Gasteiger partial charge < -0.3 is 10.1 Å². The van der Waals surface area contributed by atoms with E-state index in [1.165, 1.54) is 17.5 Å². The highest BCUT2D eigenvalue weighted by molar-refractivity contribution is 5.93. The Morgan fingerprint density at radius 2 is 2.00 bits per heavy atom. The third-order valence-electron chi connectivity index (χ3n) is 4.44. The minimum Gasteiger partial charge on any atom is -0.484 e. The third-order valence-corrected chi connectivity index (χ3v) is 4.44. The van der Waals surface area contributed by atoms with E-state index in [-0.39, 0.29) is 12.5 Å².